The first-order valence-corrected chi connectivity index (χ1v) is 13.9. The lowest BCUT2D eigenvalue weighted by Gasteiger charge is -2.30. The summed E-state index contributed by atoms with van der Waals surface area (Å²) >= 11 is 12.1. The van der Waals surface area contributed by atoms with E-state index >= 15 is 0 Å². The minimum Gasteiger partial charge on any atom is -0.352 e. The van der Waals surface area contributed by atoms with Crippen molar-refractivity contribution in [3.05, 3.63) is 63.6 Å². The van der Waals surface area contributed by atoms with Crippen LogP contribution < -0.4 is 5.32 Å². The Kier molecular flexibility index (Phi) is 9.03. The molecule has 0 spiro atoms. The molecular formula is C25H29Cl2N3O5S. The fourth-order valence-electron chi connectivity index (χ4n) is 3.85. The Labute approximate surface area is 221 Å². The van der Waals surface area contributed by atoms with Gasteiger partial charge in [0.05, 0.1) is 15.6 Å². The van der Waals surface area contributed by atoms with E-state index in [1.165, 1.54) is 17.0 Å². The van der Waals surface area contributed by atoms with Gasteiger partial charge in [0.15, 0.2) is 0 Å². The molecule has 1 N–H and O–H groups in total. The van der Waals surface area contributed by atoms with Crippen LogP contribution in [0, 0.1) is 0 Å². The van der Waals surface area contributed by atoms with E-state index in [4.69, 9.17) is 23.2 Å². The van der Waals surface area contributed by atoms with Gasteiger partial charge in [0, 0.05) is 25.6 Å². The van der Waals surface area contributed by atoms with Crippen molar-refractivity contribution in [1.82, 2.24) is 14.5 Å². The average molecular weight is 554 g/mol. The Bertz CT molecular complexity index is 1270. The number of halogens is 2. The van der Waals surface area contributed by atoms with Crippen molar-refractivity contribution >= 4 is 50.9 Å². The first kappa shape index (κ1) is 28.0. The van der Waals surface area contributed by atoms with Crippen LogP contribution in [0.15, 0.2) is 47.4 Å². The molecule has 2 aromatic rings. The number of rotatable bonds is 10. The molecule has 36 heavy (non-hydrogen) atoms. The second kappa shape index (κ2) is 11.6. The van der Waals surface area contributed by atoms with Crippen molar-refractivity contribution in [1.29, 1.82) is 0 Å². The topological polar surface area (TPSA) is 104 Å². The van der Waals surface area contributed by atoms with Gasteiger partial charge in [-0.3, -0.25) is 14.4 Å². The highest BCUT2D eigenvalue weighted by molar-refractivity contribution is 7.90. The van der Waals surface area contributed by atoms with E-state index in [0.717, 1.165) is 10.7 Å². The van der Waals surface area contributed by atoms with Crippen molar-refractivity contribution in [2.24, 2.45) is 0 Å². The van der Waals surface area contributed by atoms with Crippen LogP contribution in [0.5, 0.6) is 0 Å². The normalized spacial score (nSPS) is 15.8. The summed E-state index contributed by atoms with van der Waals surface area (Å²) in [7, 11) is -3.95. The number of nitrogens with zero attached hydrogens (tertiary/aromatic N) is 2. The molecule has 11 heteroatoms. The van der Waals surface area contributed by atoms with Gasteiger partial charge in [-0.15, -0.1) is 0 Å². The molecule has 0 saturated heterocycles. The molecule has 0 fully saturated rings. The predicted molar refractivity (Wildman–Crippen MR) is 138 cm³/mol. The van der Waals surface area contributed by atoms with Crippen LogP contribution in [0.2, 0.25) is 10.0 Å². The van der Waals surface area contributed by atoms with E-state index in [-0.39, 0.29) is 54.2 Å². The highest BCUT2D eigenvalue weighted by atomic mass is 35.5. The minimum absolute atomic E-state index is 0.0297. The van der Waals surface area contributed by atoms with Crippen LogP contribution in [0.25, 0.3) is 0 Å². The van der Waals surface area contributed by atoms with Crippen molar-refractivity contribution < 1.29 is 22.8 Å². The average Bonchev–Trinajstić information content (AvgIpc) is 3.04. The molecule has 1 heterocycles. The summed E-state index contributed by atoms with van der Waals surface area (Å²) in [5, 5.41) is 3.59. The molecule has 3 rings (SSSR count). The number of nitrogens with one attached hydrogen (secondary N) is 1. The monoisotopic (exact) mass is 553 g/mol. The number of carbonyl (C=O) groups is 3. The minimum atomic E-state index is -3.95. The SMILES string of the molecule is CC[C@@H](C)NC(=O)[C@H](C)N(Cc1ccc(Cl)c(Cl)c1)C(=O)CCCN1C(=O)c2ccccc2S1(=O)=O. The third-order valence-corrected chi connectivity index (χ3v) is 8.75. The highest BCUT2D eigenvalue weighted by Crippen LogP contribution is 2.30. The predicted octanol–water partition coefficient (Wildman–Crippen LogP) is 4.25. The van der Waals surface area contributed by atoms with Crippen LogP contribution in [-0.4, -0.2) is 54.0 Å². The summed E-state index contributed by atoms with van der Waals surface area (Å²) in [6, 6.07) is 10.2. The number of hydrogen-bond donors (Lipinski definition) is 1. The summed E-state index contributed by atoms with van der Waals surface area (Å²) in [6.07, 6.45) is 0.785. The molecule has 2 atom stereocenters. The molecule has 194 valence electrons. The molecule has 1 aliphatic rings. The fraction of sp³-hybridized carbons (Fsp3) is 0.400. The van der Waals surface area contributed by atoms with Crippen molar-refractivity contribution in [2.75, 3.05) is 6.54 Å². The number of fused-ring (bicyclic) bond motifs is 1. The zero-order chi connectivity index (χ0) is 26.6. The zero-order valence-corrected chi connectivity index (χ0v) is 22.7. The van der Waals surface area contributed by atoms with Gasteiger partial charge in [-0.25, -0.2) is 12.7 Å². The molecule has 0 aliphatic carbocycles. The van der Waals surface area contributed by atoms with Crippen LogP contribution in [0.1, 0.15) is 56.0 Å². The summed E-state index contributed by atoms with van der Waals surface area (Å²) in [6.45, 7) is 5.42. The number of amides is 3. The molecule has 3 amide bonds. The molecule has 0 aromatic heterocycles. The molecule has 2 aromatic carbocycles. The number of benzene rings is 2. The first-order valence-electron chi connectivity index (χ1n) is 11.7. The lowest BCUT2D eigenvalue weighted by molar-refractivity contribution is -0.141. The van der Waals surface area contributed by atoms with Gasteiger partial charge >= 0.3 is 0 Å². The molecule has 0 radical (unpaired) electrons. The Hall–Kier alpha value is -2.62. The van der Waals surface area contributed by atoms with Crippen molar-refractivity contribution in [3.63, 3.8) is 0 Å². The van der Waals surface area contributed by atoms with Crippen LogP contribution in [0.4, 0.5) is 0 Å². The molecule has 1 aliphatic heterocycles. The Balaban J connectivity index is 1.73. The quantitative estimate of drug-likeness (QED) is 0.473. The molecule has 8 nitrogen and oxygen atoms in total. The molecule has 0 saturated carbocycles. The van der Waals surface area contributed by atoms with E-state index in [1.807, 2.05) is 13.8 Å². The first-order chi connectivity index (χ1) is 17.0. The van der Waals surface area contributed by atoms with Gasteiger partial charge in [-0.05, 0) is 56.5 Å². The largest absolute Gasteiger partial charge is 0.352 e. The van der Waals surface area contributed by atoms with E-state index < -0.39 is 22.0 Å². The van der Waals surface area contributed by atoms with Gasteiger partial charge in [0.25, 0.3) is 15.9 Å². The maximum atomic E-state index is 13.3. The highest BCUT2D eigenvalue weighted by Gasteiger charge is 2.40. The summed E-state index contributed by atoms with van der Waals surface area (Å²) in [4.78, 5) is 40.1. The van der Waals surface area contributed by atoms with E-state index in [9.17, 15) is 22.8 Å². The number of sulfonamides is 1. The van der Waals surface area contributed by atoms with E-state index in [0.29, 0.717) is 15.6 Å². The third-order valence-electron chi connectivity index (χ3n) is 6.17. The van der Waals surface area contributed by atoms with Gasteiger partial charge in [-0.2, -0.15) is 0 Å². The molecular weight excluding hydrogens is 525 g/mol. The fourth-order valence-corrected chi connectivity index (χ4v) is 5.78. The Morgan fingerprint density at radius 2 is 1.78 bits per heavy atom. The van der Waals surface area contributed by atoms with E-state index in [1.54, 1.807) is 37.3 Å². The maximum absolute atomic E-state index is 13.3. The van der Waals surface area contributed by atoms with Gasteiger partial charge in [0.1, 0.15) is 10.9 Å². The summed E-state index contributed by atoms with van der Waals surface area (Å²) in [5.41, 5.74) is 0.814. The molecule has 0 unspecified atom stereocenters. The van der Waals surface area contributed by atoms with Crippen molar-refractivity contribution in [3.8, 4) is 0 Å². The maximum Gasteiger partial charge on any atom is 0.269 e. The Morgan fingerprint density at radius 1 is 1.08 bits per heavy atom. The van der Waals surface area contributed by atoms with E-state index in [2.05, 4.69) is 5.32 Å². The van der Waals surface area contributed by atoms with Crippen LogP contribution in [0.3, 0.4) is 0 Å². The summed E-state index contributed by atoms with van der Waals surface area (Å²) in [5.74, 6) is -1.26. The zero-order valence-electron chi connectivity index (χ0n) is 20.3. The van der Waals surface area contributed by atoms with Gasteiger partial charge < -0.3 is 10.2 Å². The third kappa shape index (κ3) is 6.02. The molecule has 0 bridgehead atoms. The lowest BCUT2D eigenvalue weighted by Crippen LogP contribution is -2.49. The summed E-state index contributed by atoms with van der Waals surface area (Å²) < 4.78 is 26.3. The van der Waals surface area contributed by atoms with Gasteiger partial charge in [0.2, 0.25) is 11.8 Å². The standard InChI is InChI=1S/C25H29Cl2N3O5S/c1-4-16(2)28-24(32)17(3)29(15-18-11-12-20(26)21(27)14-18)23(31)10-7-13-30-25(33)19-8-5-6-9-22(19)36(30,34)35/h5-6,8-9,11-12,14,16-17H,4,7,10,13,15H2,1-3H3,(H,28,32)/t16-,17+/m1/s1. The van der Waals surface area contributed by atoms with Crippen molar-refractivity contribution in [2.45, 2.75) is 63.6 Å². The lowest BCUT2D eigenvalue weighted by atomic mass is 10.1. The second-order valence-electron chi connectivity index (χ2n) is 8.75. The van der Waals surface area contributed by atoms with Gasteiger partial charge in [-0.1, -0.05) is 48.3 Å². The number of hydrogen-bond acceptors (Lipinski definition) is 5. The Morgan fingerprint density at radius 3 is 2.42 bits per heavy atom. The smallest absolute Gasteiger partial charge is 0.269 e. The van der Waals surface area contributed by atoms with Crippen LogP contribution in [-0.2, 0) is 26.2 Å². The van der Waals surface area contributed by atoms with Crippen LogP contribution >= 0.6 is 23.2 Å². The second-order valence-corrected chi connectivity index (χ2v) is 11.4. The number of carbonyl (C=O) groups excluding carboxylic acids is 3.